The Morgan fingerprint density at radius 3 is 0.429 bits per heavy atom. The maximum atomic E-state index is 4.20. The molecular weight excluding hydrogens is 1730 g/mol. The molecule has 0 aromatic carbocycles. The van der Waals surface area contributed by atoms with Gasteiger partial charge in [0.25, 0.3) is 0 Å². The molecule has 24 nitrogen and oxygen atoms in total. The summed E-state index contributed by atoms with van der Waals surface area (Å²) in [6, 6.07) is 0. The van der Waals surface area contributed by atoms with E-state index in [1.807, 2.05) is 49.6 Å². The van der Waals surface area contributed by atoms with Crippen LogP contribution in [0.2, 0.25) is 0 Å². The van der Waals surface area contributed by atoms with Crippen LogP contribution in [0.4, 0.5) is 0 Å². The first-order valence-corrected chi connectivity index (χ1v) is 57.7. The SMILES string of the molecule is CC(C)CCCCc1cnnn1CCC(C)C.CC(C)CCCCc1cnnn1CCC(C)C.CC(C)CCCCc1cnnn1CCCC(C)C.CC(C)CCCCc1cnnn1CCCC(C)C.CC(C)CCCCn1nncc1CCC(C)C.CC(C)CCCCn1nncc1CCC(C)C.CC(C)CCCCn1nncc1CCCC(C)C.CC(C)CCCCn1nncc1CCCC(C)C. The highest BCUT2D eigenvalue weighted by Gasteiger charge is 2.15. The second-order valence-electron chi connectivity index (χ2n) is 47.6. The van der Waals surface area contributed by atoms with E-state index in [1.165, 1.54) is 277 Å². The standard InChI is InChI=1S/4C15H29N3.4C14H27N3/c2*1-13(2)8-5-6-11-18-15(12-16-17-18)10-7-9-14(3)4;2*1-13(2)8-5-6-10-15-12-16-17-18(15)11-7-9-14(3)4;2*1-12(2)7-5-6-10-17-14(11-15-16-17)9-8-13(3)4;2*1-12(2)7-5-6-8-14-11-15-16-17(14)10-9-13(3)4/h4*12-14H,5-11H2,1-4H3;4*11-13H,5-10H2,1-4H3. The highest BCUT2D eigenvalue weighted by Crippen LogP contribution is 2.22. The molecule has 0 spiro atoms. The summed E-state index contributed by atoms with van der Waals surface area (Å²) in [5.41, 5.74) is 10.4. The van der Waals surface area contributed by atoms with Gasteiger partial charge in [0.05, 0.1) is 95.1 Å². The third-order valence-corrected chi connectivity index (χ3v) is 25.6. The number of unbranched alkanes of at least 4 members (excludes halogenated alkanes) is 8. The van der Waals surface area contributed by atoms with Gasteiger partial charge >= 0.3 is 0 Å². The maximum Gasteiger partial charge on any atom is 0.0725 e. The van der Waals surface area contributed by atoms with Gasteiger partial charge in [-0.2, -0.15) is 0 Å². The molecule has 0 saturated carbocycles. The zero-order valence-electron chi connectivity index (χ0n) is 97.4. The summed E-state index contributed by atoms with van der Waals surface area (Å²) in [5.74, 6) is 12.6. The van der Waals surface area contributed by atoms with Gasteiger partial charge in [-0.05, 0) is 262 Å². The molecule has 808 valence electrons. The number of hydrogen-bond donors (Lipinski definition) is 0. The second-order valence-corrected chi connectivity index (χ2v) is 47.6. The topological polar surface area (TPSA) is 246 Å². The largest absolute Gasteiger partial charge is 0.249 e. The van der Waals surface area contributed by atoms with E-state index in [1.54, 1.807) is 0 Å². The van der Waals surface area contributed by atoms with Crippen LogP contribution in [-0.2, 0) is 104 Å². The Kier molecular flexibility index (Phi) is 78.0. The van der Waals surface area contributed by atoms with Crippen molar-refractivity contribution in [2.24, 2.45) is 94.7 Å². The van der Waals surface area contributed by atoms with Crippen molar-refractivity contribution in [3.63, 3.8) is 0 Å². The van der Waals surface area contributed by atoms with Crippen molar-refractivity contribution in [3.8, 4) is 0 Å². The molecule has 0 N–H and O–H groups in total. The molecule has 0 radical (unpaired) electrons. The molecule has 8 rings (SSSR count). The van der Waals surface area contributed by atoms with Gasteiger partial charge in [0.1, 0.15) is 0 Å². The van der Waals surface area contributed by atoms with Crippen molar-refractivity contribution in [3.05, 3.63) is 95.1 Å². The fraction of sp³-hybridized carbons (Fsp3) is 0.862. The molecule has 8 aromatic rings. The van der Waals surface area contributed by atoms with Crippen LogP contribution in [0.5, 0.6) is 0 Å². The molecule has 24 heteroatoms. The molecule has 0 bridgehead atoms. The third-order valence-electron chi connectivity index (χ3n) is 25.6. The normalized spacial score (nSPS) is 11.7. The summed E-state index contributed by atoms with van der Waals surface area (Å²) < 4.78 is 16.7. The van der Waals surface area contributed by atoms with E-state index in [4.69, 9.17) is 0 Å². The van der Waals surface area contributed by atoms with Gasteiger partial charge in [-0.15, -0.1) is 40.8 Å². The fourth-order valence-electron chi connectivity index (χ4n) is 16.3. The quantitative estimate of drug-likeness (QED) is 0.0322. The van der Waals surface area contributed by atoms with Crippen LogP contribution in [0, 0.1) is 94.7 Å². The molecule has 0 aliphatic rings. The molecule has 0 saturated heterocycles. The third kappa shape index (κ3) is 74.1. The van der Waals surface area contributed by atoms with Crippen LogP contribution < -0.4 is 0 Å². The summed E-state index contributed by atoms with van der Waals surface area (Å²) in [4.78, 5) is 0. The first-order chi connectivity index (χ1) is 66.7. The molecular formula is C116H224N24. The van der Waals surface area contributed by atoms with Gasteiger partial charge in [-0.25, -0.2) is 37.5 Å². The van der Waals surface area contributed by atoms with E-state index in [2.05, 4.69) is 342 Å². The molecule has 8 aromatic heterocycles. The number of rotatable bonds is 68. The van der Waals surface area contributed by atoms with Crippen LogP contribution in [0.25, 0.3) is 0 Å². The van der Waals surface area contributed by atoms with Gasteiger partial charge in [-0.1, -0.05) is 379 Å². The summed E-state index contributed by atoms with van der Waals surface area (Å²) in [5, 5.41) is 65.8. The lowest BCUT2D eigenvalue weighted by atomic mass is 10.0. The molecule has 0 aliphatic heterocycles. The minimum Gasteiger partial charge on any atom is -0.249 e. The van der Waals surface area contributed by atoms with Crippen LogP contribution in [0.15, 0.2) is 49.6 Å². The lowest BCUT2D eigenvalue weighted by molar-refractivity contribution is 0.461. The lowest BCUT2D eigenvalue weighted by Gasteiger charge is -2.08. The molecule has 0 unspecified atom stereocenters. The number of aryl methyl sites for hydroxylation is 16. The van der Waals surface area contributed by atoms with Crippen molar-refractivity contribution in [2.45, 2.75) is 556 Å². The summed E-state index contributed by atoms with van der Waals surface area (Å²) in [6.45, 7) is 81.0. The zero-order chi connectivity index (χ0) is 104. The molecule has 8 heterocycles. The van der Waals surface area contributed by atoms with E-state index >= 15 is 0 Å². The maximum absolute atomic E-state index is 4.20. The molecule has 140 heavy (non-hydrogen) atoms. The van der Waals surface area contributed by atoms with Crippen molar-refractivity contribution in [2.75, 3.05) is 0 Å². The van der Waals surface area contributed by atoms with Crippen LogP contribution in [-0.4, -0.2) is 120 Å². The van der Waals surface area contributed by atoms with Crippen LogP contribution in [0.1, 0.15) is 498 Å². The van der Waals surface area contributed by atoms with Gasteiger partial charge in [0, 0.05) is 52.4 Å². The Morgan fingerprint density at radius 1 is 0.129 bits per heavy atom. The smallest absolute Gasteiger partial charge is 0.0725 e. The average Bonchev–Trinajstić information content (AvgIpc) is 1.78. The molecule has 0 aliphatic carbocycles. The summed E-state index contributed by atoms with van der Waals surface area (Å²) >= 11 is 0. The van der Waals surface area contributed by atoms with Crippen molar-refractivity contribution < 1.29 is 0 Å². The minimum absolute atomic E-state index is 0.730. The van der Waals surface area contributed by atoms with Gasteiger partial charge in [-0.3, -0.25) is 0 Å². The van der Waals surface area contributed by atoms with E-state index < -0.39 is 0 Å². The van der Waals surface area contributed by atoms with E-state index in [0.29, 0.717) is 0 Å². The van der Waals surface area contributed by atoms with Gasteiger partial charge < -0.3 is 0 Å². The highest BCUT2D eigenvalue weighted by atomic mass is 15.5. The Morgan fingerprint density at radius 2 is 0.257 bits per heavy atom. The number of hydrogen-bond acceptors (Lipinski definition) is 16. The Bertz CT molecular complexity index is 3480. The highest BCUT2D eigenvalue weighted by molar-refractivity contribution is 5.00. The second kappa shape index (κ2) is 83.3. The molecule has 0 atom stereocenters. The Labute approximate surface area is 861 Å². The summed E-state index contributed by atoms with van der Waals surface area (Å²) in [7, 11) is 0. The molecule has 0 fully saturated rings. The van der Waals surface area contributed by atoms with Crippen molar-refractivity contribution in [1.29, 1.82) is 0 Å². The zero-order valence-corrected chi connectivity index (χ0v) is 97.4. The van der Waals surface area contributed by atoms with E-state index in [9.17, 15) is 0 Å². The first-order valence-electron chi connectivity index (χ1n) is 57.7. The average molecular weight is 1960 g/mol. The van der Waals surface area contributed by atoms with Gasteiger partial charge in [0.15, 0.2) is 0 Å². The Balaban J connectivity index is 0.000000800. The Hall–Kier alpha value is -6.88. The van der Waals surface area contributed by atoms with Crippen molar-refractivity contribution in [1.82, 2.24) is 120 Å². The number of aromatic nitrogens is 24. The minimum atomic E-state index is 0.730. The van der Waals surface area contributed by atoms with Crippen molar-refractivity contribution >= 4 is 0 Å². The van der Waals surface area contributed by atoms with Gasteiger partial charge in [0.2, 0.25) is 0 Å². The van der Waals surface area contributed by atoms with E-state index in [0.717, 1.165) is 198 Å². The molecule has 0 amide bonds. The predicted molar refractivity (Wildman–Crippen MR) is 593 cm³/mol. The lowest BCUT2D eigenvalue weighted by Crippen LogP contribution is -2.07. The predicted octanol–water partition coefficient (Wildman–Crippen LogP) is 31.1. The monoisotopic (exact) mass is 1950 g/mol. The first kappa shape index (κ1) is 131. The fourth-order valence-corrected chi connectivity index (χ4v) is 16.3. The number of nitrogens with zero attached hydrogens (tertiary/aromatic N) is 24. The van der Waals surface area contributed by atoms with E-state index in [-0.39, 0.29) is 0 Å². The van der Waals surface area contributed by atoms with Crippen LogP contribution >= 0.6 is 0 Å². The summed E-state index contributed by atoms with van der Waals surface area (Å²) in [6.07, 6.45) is 70.1. The van der Waals surface area contributed by atoms with Crippen LogP contribution in [0.3, 0.4) is 0 Å².